The number of nitrogens with zero attached hydrogens (tertiary/aromatic N) is 1. The topological polar surface area (TPSA) is 75.4 Å². The predicted octanol–water partition coefficient (Wildman–Crippen LogP) is 1.75. The summed E-state index contributed by atoms with van der Waals surface area (Å²) in [5, 5.41) is 2.61. The Bertz CT molecular complexity index is 605. The van der Waals surface area contributed by atoms with Crippen LogP contribution in [0.1, 0.15) is 11.1 Å². The number of nitrogens with one attached hydrogen (secondary N) is 1. The summed E-state index contributed by atoms with van der Waals surface area (Å²) in [6, 6.07) is 18.6. The molecule has 2 aromatic rings. The van der Waals surface area contributed by atoms with Gasteiger partial charge in [0.05, 0.1) is 12.6 Å². The second-order valence-electron chi connectivity index (χ2n) is 5.75. The van der Waals surface area contributed by atoms with Crippen LogP contribution in [0.2, 0.25) is 0 Å². The number of halogens is 1. The molecule has 0 aromatic heterocycles. The van der Waals surface area contributed by atoms with Crippen molar-refractivity contribution in [2.45, 2.75) is 19.0 Å². The number of rotatable bonds is 7. The van der Waals surface area contributed by atoms with Gasteiger partial charge in [0.1, 0.15) is 0 Å². The average molecular weight is 362 g/mol. The lowest BCUT2D eigenvalue weighted by Gasteiger charge is -2.18. The molecule has 0 spiro atoms. The molecule has 0 radical (unpaired) electrons. The Kier molecular flexibility index (Phi) is 8.67. The first-order valence-corrected chi connectivity index (χ1v) is 7.91. The largest absolute Gasteiger partial charge is 0.346 e. The second-order valence-corrected chi connectivity index (χ2v) is 5.75. The lowest BCUT2D eigenvalue weighted by Crippen LogP contribution is -2.46. The molecule has 0 unspecified atom stereocenters. The molecule has 0 saturated carbocycles. The highest BCUT2D eigenvalue weighted by Gasteiger charge is 2.16. The Hall–Kier alpha value is -2.37. The molecule has 5 nitrogen and oxygen atoms in total. The third-order valence-corrected chi connectivity index (χ3v) is 3.74. The van der Waals surface area contributed by atoms with Gasteiger partial charge in [0.25, 0.3) is 0 Å². The molecule has 0 fully saturated rings. The highest BCUT2D eigenvalue weighted by atomic mass is 35.5. The van der Waals surface area contributed by atoms with Crippen molar-refractivity contribution in [1.29, 1.82) is 0 Å². The van der Waals surface area contributed by atoms with Crippen LogP contribution in [0.4, 0.5) is 0 Å². The normalized spacial score (nSPS) is 11.1. The van der Waals surface area contributed by atoms with Gasteiger partial charge in [-0.1, -0.05) is 60.7 Å². The van der Waals surface area contributed by atoms with Crippen LogP contribution >= 0.6 is 12.4 Å². The summed E-state index contributed by atoms with van der Waals surface area (Å²) in [5.74, 6) is -0.473. The van der Waals surface area contributed by atoms with E-state index in [4.69, 9.17) is 5.73 Å². The monoisotopic (exact) mass is 361 g/mol. The molecule has 6 heteroatoms. The zero-order valence-electron chi connectivity index (χ0n) is 14.2. The first-order chi connectivity index (χ1) is 11.6. The van der Waals surface area contributed by atoms with Crippen molar-refractivity contribution < 1.29 is 9.59 Å². The van der Waals surface area contributed by atoms with Crippen molar-refractivity contribution in [3.05, 3.63) is 71.8 Å². The van der Waals surface area contributed by atoms with Crippen molar-refractivity contribution in [3.63, 3.8) is 0 Å². The molecule has 134 valence electrons. The fourth-order valence-corrected chi connectivity index (χ4v) is 2.33. The molecule has 0 aliphatic carbocycles. The van der Waals surface area contributed by atoms with Gasteiger partial charge in [0.15, 0.2) is 0 Å². The second kappa shape index (κ2) is 10.5. The molecule has 2 aromatic carbocycles. The van der Waals surface area contributed by atoms with Gasteiger partial charge < -0.3 is 16.0 Å². The molecule has 2 rings (SSSR count). The molecular weight excluding hydrogens is 338 g/mol. The molecule has 0 saturated heterocycles. The SMILES string of the molecule is CN(Cc1ccccc1)C(=O)CNC(=O)[C@@H](N)Cc1ccccc1.Cl. The molecule has 2 amide bonds. The fraction of sp³-hybridized carbons (Fsp3) is 0.263. The van der Waals surface area contributed by atoms with Crippen LogP contribution in [0.3, 0.4) is 0 Å². The van der Waals surface area contributed by atoms with Gasteiger partial charge >= 0.3 is 0 Å². The summed E-state index contributed by atoms with van der Waals surface area (Å²) in [4.78, 5) is 25.7. The van der Waals surface area contributed by atoms with Crippen LogP contribution in [-0.4, -0.2) is 36.3 Å². The van der Waals surface area contributed by atoms with Gasteiger partial charge in [-0.25, -0.2) is 0 Å². The van der Waals surface area contributed by atoms with Gasteiger partial charge in [-0.3, -0.25) is 9.59 Å². The number of benzene rings is 2. The zero-order chi connectivity index (χ0) is 17.4. The molecule has 0 aliphatic rings. The Labute approximate surface area is 154 Å². The maximum atomic E-state index is 12.1. The van der Waals surface area contributed by atoms with E-state index in [1.165, 1.54) is 0 Å². The van der Waals surface area contributed by atoms with Crippen LogP contribution in [0.15, 0.2) is 60.7 Å². The number of hydrogen-bond donors (Lipinski definition) is 2. The van der Waals surface area contributed by atoms with Crippen LogP contribution in [-0.2, 0) is 22.6 Å². The summed E-state index contributed by atoms with van der Waals surface area (Å²) < 4.78 is 0. The molecule has 1 atom stereocenters. The number of amides is 2. The summed E-state index contributed by atoms with van der Waals surface area (Å²) in [5.41, 5.74) is 7.93. The maximum absolute atomic E-state index is 12.1. The van der Waals surface area contributed by atoms with Crippen molar-refractivity contribution in [2.24, 2.45) is 5.73 Å². The Balaban J connectivity index is 0.00000312. The lowest BCUT2D eigenvalue weighted by molar-refractivity contribution is -0.132. The minimum absolute atomic E-state index is 0. The van der Waals surface area contributed by atoms with E-state index in [1.54, 1.807) is 11.9 Å². The lowest BCUT2D eigenvalue weighted by atomic mass is 10.1. The smallest absolute Gasteiger partial charge is 0.242 e. The standard InChI is InChI=1S/C19H23N3O2.ClH/c1-22(14-16-10-6-3-7-11-16)18(23)13-21-19(24)17(20)12-15-8-4-2-5-9-15;/h2-11,17H,12-14,20H2,1H3,(H,21,24);1H/t17-;/m0./s1. The molecule has 25 heavy (non-hydrogen) atoms. The van der Waals surface area contributed by atoms with Gasteiger partial charge in [-0.2, -0.15) is 0 Å². The van der Waals surface area contributed by atoms with E-state index in [0.29, 0.717) is 13.0 Å². The van der Waals surface area contributed by atoms with Crippen LogP contribution < -0.4 is 11.1 Å². The summed E-state index contributed by atoms with van der Waals surface area (Å²) in [7, 11) is 1.71. The van der Waals surface area contributed by atoms with E-state index >= 15 is 0 Å². The van der Waals surface area contributed by atoms with Gasteiger partial charge in [-0.15, -0.1) is 12.4 Å². The van der Waals surface area contributed by atoms with Crippen molar-refractivity contribution >= 4 is 24.2 Å². The highest BCUT2D eigenvalue weighted by molar-refractivity contribution is 5.87. The van der Waals surface area contributed by atoms with Crippen molar-refractivity contribution in [1.82, 2.24) is 10.2 Å². The molecular formula is C19H24ClN3O2. The number of carbonyl (C=O) groups is 2. The molecule has 3 N–H and O–H groups in total. The van der Waals surface area contributed by atoms with E-state index < -0.39 is 6.04 Å². The summed E-state index contributed by atoms with van der Waals surface area (Å²) in [6.07, 6.45) is 0.445. The molecule has 0 bridgehead atoms. The highest BCUT2D eigenvalue weighted by Crippen LogP contribution is 2.03. The minimum atomic E-state index is -0.667. The number of nitrogens with two attached hydrogens (primary N) is 1. The number of hydrogen-bond acceptors (Lipinski definition) is 3. The van der Waals surface area contributed by atoms with Gasteiger partial charge in [0, 0.05) is 13.6 Å². The van der Waals surface area contributed by atoms with Crippen LogP contribution in [0.5, 0.6) is 0 Å². The molecule has 0 heterocycles. The Morgan fingerprint density at radius 1 is 1.00 bits per heavy atom. The fourth-order valence-electron chi connectivity index (χ4n) is 2.33. The third-order valence-electron chi connectivity index (χ3n) is 3.74. The zero-order valence-corrected chi connectivity index (χ0v) is 15.0. The van der Waals surface area contributed by atoms with Gasteiger partial charge in [-0.05, 0) is 17.5 Å². The van der Waals surface area contributed by atoms with Crippen molar-refractivity contribution in [3.8, 4) is 0 Å². The van der Waals surface area contributed by atoms with E-state index in [-0.39, 0.29) is 30.8 Å². The minimum Gasteiger partial charge on any atom is -0.346 e. The van der Waals surface area contributed by atoms with Crippen molar-refractivity contribution in [2.75, 3.05) is 13.6 Å². The average Bonchev–Trinajstić information content (AvgIpc) is 2.61. The third kappa shape index (κ3) is 6.95. The van der Waals surface area contributed by atoms with E-state index in [2.05, 4.69) is 5.32 Å². The Morgan fingerprint density at radius 2 is 1.52 bits per heavy atom. The van der Waals surface area contributed by atoms with Gasteiger partial charge in [0.2, 0.25) is 11.8 Å². The van der Waals surface area contributed by atoms with E-state index in [1.807, 2.05) is 60.7 Å². The summed E-state index contributed by atoms with van der Waals surface area (Å²) >= 11 is 0. The Morgan fingerprint density at radius 3 is 2.08 bits per heavy atom. The van der Waals surface area contributed by atoms with Crippen LogP contribution in [0, 0.1) is 0 Å². The summed E-state index contributed by atoms with van der Waals surface area (Å²) in [6.45, 7) is 0.455. The van der Waals surface area contributed by atoms with Crippen LogP contribution in [0.25, 0.3) is 0 Å². The first-order valence-electron chi connectivity index (χ1n) is 7.91. The molecule has 0 aliphatic heterocycles. The van der Waals surface area contributed by atoms with E-state index in [9.17, 15) is 9.59 Å². The predicted molar refractivity (Wildman–Crippen MR) is 101 cm³/mol. The number of likely N-dealkylation sites (N-methyl/N-ethyl adjacent to an activating group) is 1. The quantitative estimate of drug-likeness (QED) is 0.789. The maximum Gasteiger partial charge on any atom is 0.242 e. The van der Waals surface area contributed by atoms with E-state index in [0.717, 1.165) is 11.1 Å². The number of carbonyl (C=O) groups excluding carboxylic acids is 2. The first kappa shape index (κ1) is 20.7.